The predicted octanol–water partition coefficient (Wildman–Crippen LogP) is 2.34. The highest BCUT2D eigenvalue weighted by atomic mass is 16.5. The van der Waals surface area contributed by atoms with Gasteiger partial charge in [-0.3, -0.25) is 9.59 Å². The smallest absolute Gasteiger partial charge is 0.311 e. The Morgan fingerprint density at radius 3 is 2.52 bits per heavy atom. The van der Waals surface area contributed by atoms with Crippen LogP contribution in [0.4, 0.5) is 0 Å². The van der Waals surface area contributed by atoms with Gasteiger partial charge < -0.3 is 15.2 Å². The van der Waals surface area contributed by atoms with Gasteiger partial charge in [0.2, 0.25) is 0 Å². The summed E-state index contributed by atoms with van der Waals surface area (Å²) in [7, 11) is 0. The van der Waals surface area contributed by atoms with Crippen molar-refractivity contribution < 1.29 is 19.4 Å². The number of fused-ring (bicyclic) bond motifs is 1. The Labute approximate surface area is 124 Å². The van der Waals surface area contributed by atoms with E-state index in [9.17, 15) is 14.7 Å². The summed E-state index contributed by atoms with van der Waals surface area (Å²) in [5.74, 6) is -1.10. The number of amides is 1. The van der Waals surface area contributed by atoms with Crippen LogP contribution in [0.2, 0.25) is 0 Å². The molecule has 21 heavy (non-hydrogen) atoms. The molecule has 1 heterocycles. The molecule has 5 nitrogen and oxygen atoms in total. The Morgan fingerprint density at radius 1 is 1.24 bits per heavy atom. The van der Waals surface area contributed by atoms with Gasteiger partial charge in [-0.15, -0.1) is 0 Å². The van der Waals surface area contributed by atoms with Gasteiger partial charge in [-0.25, -0.2) is 0 Å². The molecule has 114 valence electrons. The van der Waals surface area contributed by atoms with Gasteiger partial charge in [-0.1, -0.05) is 19.9 Å². The van der Waals surface area contributed by atoms with Gasteiger partial charge in [0.25, 0.3) is 5.91 Å². The van der Waals surface area contributed by atoms with Crippen LogP contribution in [-0.2, 0) is 22.7 Å². The van der Waals surface area contributed by atoms with Crippen molar-refractivity contribution in [1.82, 2.24) is 5.32 Å². The highest BCUT2D eigenvalue weighted by Gasteiger charge is 2.35. The molecule has 0 aliphatic carbocycles. The molecule has 0 saturated heterocycles. The Bertz CT molecular complexity index is 549. The van der Waals surface area contributed by atoms with Crippen LogP contribution in [0, 0.1) is 5.41 Å². The Kier molecular flexibility index (Phi) is 4.63. The predicted molar refractivity (Wildman–Crippen MR) is 77.9 cm³/mol. The minimum Gasteiger partial charge on any atom is -0.481 e. The highest BCUT2D eigenvalue weighted by Crippen LogP contribution is 2.26. The number of carbonyl (C=O) groups is 2. The number of carboxylic acid groups (broad SMARTS) is 1. The lowest BCUT2D eigenvalue weighted by atomic mass is 9.82. The van der Waals surface area contributed by atoms with Crippen molar-refractivity contribution in [2.75, 3.05) is 6.54 Å². The van der Waals surface area contributed by atoms with Crippen LogP contribution < -0.4 is 5.32 Å². The average Bonchev–Trinajstić information content (AvgIpc) is 2.95. The largest absolute Gasteiger partial charge is 0.481 e. The summed E-state index contributed by atoms with van der Waals surface area (Å²) in [6, 6.07) is 5.46. The van der Waals surface area contributed by atoms with Crippen LogP contribution in [0.5, 0.6) is 0 Å². The monoisotopic (exact) mass is 291 g/mol. The first-order valence-electron chi connectivity index (χ1n) is 7.23. The molecular formula is C16H21NO4. The number of rotatable bonds is 6. The van der Waals surface area contributed by atoms with E-state index in [1.807, 2.05) is 26.0 Å². The SMILES string of the molecule is CCC(CC)(CNC(=O)c1ccc2c(c1)COC2)C(=O)O. The summed E-state index contributed by atoms with van der Waals surface area (Å²) in [6.07, 6.45) is 0.967. The van der Waals surface area contributed by atoms with Crippen molar-refractivity contribution in [2.24, 2.45) is 5.41 Å². The lowest BCUT2D eigenvalue weighted by Gasteiger charge is -2.26. The Balaban J connectivity index is 2.06. The fraction of sp³-hybridized carbons (Fsp3) is 0.500. The van der Waals surface area contributed by atoms with E-state index in [1.165, 1.54) is 0 Å². The van der Waals surface area contributed by atoms with Crippen molar-refractivity contribution in [1.29, 1.82) is 0 Å². The maximum absolute atomic E-state index is 12.2. The van der Waals surface area contributed by atoms with E-state index < -0.39 is 11.4 Å². The quantitative estimate of drug-likeness (QED) is 0.843. The second kappa shape index (κ2) is 6.26. The summed E-state index contributed by atoms with van der Waals surface area (Å²) in [6.45, 7) is 4.92. The van der Waals surface area contributed by atoms with Gasteiger partial charge in [0.15, 0.2) is 0 Å². The summed E-state index contributed by atoms with van der Waals surface area (Å²) < 4.78 is 5.32. The second-order valence-corrected chi connectivity index (χ2v) is 5.45. The van der Waals surface area contributed by atoms with Crippen LogP contribution in [0.15, 0.2) is 18.2 Å². The molecule has 0 spiro atoms. The third-order valence-electron chi connectivity index (χ3n) is 4.38. The molecule has 0 fully saturated rings. The first-order valence-corrected chi connectivity index (χ1v) is 7.23. The van der Waals surface area contributed by atoms with Crippen molar-refractivity contribution in [3.8, 4) is 0 Å². The van der Waals surface area contributed by atoms with Crippen LogP contribution in [0.25, 0.3) is 0 Å². The molecule has 2 rings (SSSR count). The fourth-order valence-electron chi connectivity index (χ4n) is 2.54. The van der Waals surface area contributed by atoms with Crippen LogP contribution in [0.1, 0.15) is 48.2 Å². The molecule has 1 amide bonds. The molecular weight excluding hydrogens is 270 g/mol. The van der Waals surface area contributed by atoms with Crippen LogP contribution in [0.3, 0.4) is 0 Å². The molecule has 0 radical (unpaired) electrons. The molecule has 1 aromatic rings. The second-order valence-electron chi connectivity index (χ2n) is 5.45. The molecule has 0 bridgehead atoms. The highest BCUT2D eigenvalue weighted by molar-refractivity contribution is 5.94. The van der Waals surface area contributed by atoms with Crippen LogP contribution >= 0.6 is 0 Å². The maximum atomic E-state index is 12.2. The molecule has 1 aliphatic heterocycles. The lowest BCUT2D eigenvalue weighted by molar-refractivity contribution is -0.149. The third-order valence-corrected chi connectivity index (χ3v) is 4.38. The zero-order valence-electron chi connectivity index (χ0n) is 12.4. The van der Waals surface area contributed by atoms with Crippen molar-refractivity contribution in [2.45, 2.75) is 39.9 Å². The van der Waals surface area contributed by atoms with Crippen molar-refractivity contribution in [3.63, 3.8) is 0 Å². The standard InChI is InChI=1S/C16H21NO4/c1-3-16(4-2,15(19)20)10-17-14(18)11-5-6-12-8-21-9-13(12)7-11/h5-7H,3-4,8-10H2,1-2H3,(H,17,18)(H,19,20). The topological polar surface area (TPSA) is 75.6 Å². The number of ether oxygens (including phenoxy) is 1. The number of aliphatic carboxylic acids is 1. The minimum absolute atomic E-state index is 0.141. The molecule has 0 aromatic heterocycles. The molecule has 1 aliphatic rings. The zero-order valence-corrected chi connectivity index (χ0v) is 12.4. The molecule has 1 aromatic carbocycles. The summed E-state index contributed by atoms with van der Waals surface area (Å²) in [5, 5.41) is 12.1. The van der Waals surface area contributed by atoms with Gasteiger partial charge in [0, 0.05) is 12.1 Å². The third kappa shape index (κ3) is 3.08. The molecule has 0 unspecified atom stereocenters. The number of carboxylic acids is 1. The summed E-state index contributed by atoms with van der Waals surface area (Å²) >= 11 is 0. The first-order chi connectivity index (χ1) is 10.0. The first kappa shape index (κ1) is 15.5. The number of benzene rings is 1. The van der Waals surface area contributed by atoms with E-state index in [0.717, 1.165) is 11.1 Å². The Hall–Kier alpha value is -1.88. The maximum Gasteiger partial charge on any atom is 0.311 e. The number of carbonyl (C=O) groups excluding carboxylic acids is 1. The molecule has 0 atom stereocenters. The van der Waals surface area contributed by atoms with Crippen molar-refractivity contribution in [3.05, 3.63) is 34.9 Å². The molecule has 2 N–H and O–H groups in total. The number of hydrogen-bond donors (Lipinski definition) is 2. The van der Waals surface area contributed by atoms with E-state index >= 15 is 0 Å². The zero-order chi connectivity index (χ0) is 15.5. The van der Waals surface area contributed by atoms with E-state index in [0.29, 0.717) is 31.6 Å². The van der Waals surface area contributed by atoms with Gasteiger partial charge in [0.05, 0.1) is 18.6 Å². The number of hydrogen-bond acceptors (Lipinski definition) is 3. The van der Waals surface area contributed by atoms with E-state index in [-0.39, 0.29) is 12.5 Å². The number of nitrogens with one attached hydrogen (secondary N) is 1. The fourth-order valence-corrected chi connectivity index (χ4v) is 2.54. The van der Waals surface area contributed by atoms with E-state index in [2.05, 4.69) is 5.32 Å². The average molecular weight is 291 g/mol. The Morgan fingerprint density at radius 2 is 1.90 bits per heavy atom. The molecule has 0 saturated carbocycles. The van der Waals surface area contributed by atoms with E-state index in [1.54, 1.807) is 6.07 Å². The van der Waals surface area contributed by atoms with Crippen LogP contribution in [-0.4, -0.2) is 23.5 Å². The molecule has 5 heteroatoms. The summed E-state index contributed by atoms with van der Waals surface area (Å²) in [5.41, 5.74) is 1.78. The lowest BCUT2D eigenvalue weighted by Crippen LogP contribution is -2.42. The van der Waals surface area contributed by atoms with Gasteiger partial charge >= 0.3 is 5.97 Å². The van der Waals surface area contributed by atoms with Gasteiger partial charge in [-0.2, -0.15) is 0 Å². The van der Waals surface area contributed by atoms with Crippen molar-refractivity contribution >= 4 is 11.9 Å². The minimum atomic E-state index is -0.893. The van der Waals surface area contributed by atoms with Gasteiger partial charge in [0.1, 0.15) is 0 Å². The normalized spacial score (nSPS) is 13.8. The van der Waals surface area contributed by atoms with Gasteiger partial charge in [-0.05, 0) is 36.1 Å². The summed E-state index contributed by atoms with van der Waals surface area (Å²) in [4.78, 5) is 23.6. The van der Waals surface area contributed by atoms with E-state index in [4.69, 9.17) is 4.74 Å².